The van der Waals surface area contributed by atoms with Gasteiger partial charge in [-0.3, -0.25) is 4.79 Å². The number of carbonyl (C=O) groups is 1. The van der Waals surface area contributed by atoms with Crippen molar-refractivity contribution in [1.29, 1.82) is 0 Å². The summed E-state index contributed by atoms with van der Waals surface area (Å²) in [7, 11) is 0. The molecule has 3 N–H and O–H groups in total. The van der Waals surface area contributed by atoms with Gasteiger partial charge in [0.15, 0.2) is 0 Å². The van der Waals surface area contributed by atoms with Crippen LogP contribution in [0.3, 0.4) is 0 Å². The number of rotatable bonds is 3. The third kappa shape index (κ3) is 3.46. The molecule has 116 valence electrons. The second-order valence-corrected chi connectivity index (χ2v) is 6.53. The zero-order valence-electron chi connectivity index (χ0n) is 12.1. The maximum absolute atomic E-state index is 12.2. The minimum Gasteiger partial charge on any atom is -0.364 e. The van der Waals surface area contributed by atoms with Gasteiger partial charge in [-0.25, -0.2) is 0 Å². The summed E-state index contributed by atoms with van der Waals surface area (Å²) in [6, 6.07) is 0.382. The topological polar surface area (TPSA) is 64.4 Å². The van der Waals surface area contributed by atoms with Crippen LogP contribution in [0.2, 0.25) is 0 Å². The van der Waals surface area contributed by atoms with Crippen LogP contribution in [0.25, 0.3) is 0 Å². The highest BCUT2D eigenvalue weighted by atomic mass is 35.5. The first kappa shape index (κ1) is 16.1. The average Bonchev–Trinajstić information content (AvgIpc) is 3.06. The van der Waals surface area contributed by atoms with Crippen molar-refractivity contribution in [2.24, 2.45) is 17.6 Å². The molecule has 2 saturated carbocycles. The quantitative estimate of drug-likeness (QED) is 0.838. The van der Waals surface area contributed by atoms with Crippen LogP contribution in [0, 0.1) is 11.8 Å². The van der Waals surface area contributed by atoms with Gasteiger partial charge in [-0.1, -0.05) is 19.3 Å². The van der Waals surface area contributed by atoms with Crippen LogP contribution in [-0.4, -0.2) is 30.7 Å². The van der Waals surface area contributed by atoms with Crippen LogP contribution in [0.1, 0.15) is 51.4 Å². The van der Waals surface area contributed by atoms with E-state index >= 15 is 0 Å². The number of nitrogens with one attached hydrogen (secondary N) is 1. The Morgan fingerprint density at radius 2 is 1.90 bits per heavy atom. The highest BCUT2D eigenvalue weighted by molar-refractivity contribution is 5.85. The number of carbonyl (C=O) groups excluding carboxylic acids is 1. The summed E-state index contributed by atoms with van der Waals surface area (Å²) in [5, 5.41) is 3.21. The van der Waals surface area contributed by atoms with Crippen LogP contribution in [0.4, 0.5) is 0 Å². The number of ether oxygens (including phenoxy) is 1. The number of hydrogen-bond donors (Lipinski definition) is 2. The maximum Gasteiger partial charge on any atom is 0.249 e. The van der Waals surface area contributed by atoms with Crippen molar-refractivity contribution in [3.05, 3.63) is 0 Å². The van der Waals surface area contributed by atoms with Gasteiger partial charge in [0.2, 0.25) is 5.91 Å². The van der Waals surface area contributed by atoms with E-state index in [-0.39, 0.29) is 30.5 Å². The molecule has 3 unspecified atom stereocenters. The zero-order valence-corrected chi connectivity index (χ0v) is 12.9. The Morgan fingerprint density at radius 1 is 1.10 bits per heavy atom. The Hall–Kier alpha value is -0.320. The Bertz CT molecular complexity index is 340. The Labute approximate surface area is 127 Å². The van der Waals surface area contributed by atoms with Crippen LogP contribution >= 0.6 is 12.4 Å². The molecule has 1 amide bonds. The molecule has 0 aromatic carbocycles. The second kappa shape index (κ2) is 7.10. The van der Waals surface area contributed by atoms with Crippen molar-refractivity contribution >= 4 is 18.3 Å². The standard InChI is InChI=1S/C15H26N2O2.ClH/c16-9-13-6-7-14(19-13)15(18)17-12-5-4-10-2-1-3-11(10)8-12;/h10-14H,1-9,16H2,(H,17,18);1H/t10?,11?,12?,13-,14+;/m1./s1. The molecule has 1 saturated heterocycles. The average molecular weight is 303 g/mol. The molecule has 0 radical (unpaired) electrons. The fourth-order valence-corrected chi connectivity index (χ4v) is 4.20. The molecule has 3 rings (SSSR count). The van der Waals surface area contributed by atoms with Gasteiger partial charge in [-0.15, -0.1) is 12.4 Å². The smallest absolute Gasteiger partial charge is 0.249 e. The predicted molar refractivity (Wildman–Crippen MR) is 80.8 cm³/mol. The van der Waals surface area contributed by atoms with Crippen molar-refractivity contribution in [3.63, 3.8) is 0 Å². The first-order valence-corrected chi connectivity index (χ1v) is 7.92. The second-order valence-electron chi connectivity index (χ2n) is 6.53. The van der Waals surface area contributed by atoms with E-state index in [9.17, 15) is 4.79 Å². The van der Waals surface area contributed by atoms with E-state index in [1.165, 1.54) is 32.1 Å². The summed E-state index contributed by atoms with van der Waals surface area (Å²) in [6.45, 7) is 0.525. The molecule has 0 aromatic rings. The molecular formula is C15H27ClN2O2. The summed E-state index contributed by atoms with van der Waals surface area (Å²) in [5.41, 5.74) is 5.58. The van der Waals surface area contributed by atoms with Gasteiger partial charge in [-0.2, -0.15) is 0 Å². The predicted octanol–water partition coefficient (Wildman–Crippen LogP) is 2.00. The van der Waals surface area contributed by atoms with E-state index in [0.29, 0.717) is 12.6 Å². The fourth-order valence-electron chi connectivity index (χ4n) is 4.20. The molecule has 0 spiro atoms. The lowest BCUT2D eigenvalue weighted by Gasteiger charge is -2.32. The molecule has 4 nitrogen and oxygen atoms in total. The fraction of sp³-hybridized carbons (Fsp3) is 0.933. The molecule has 5 atom stereocenters. The Kier molecular flexibility index (Phi) is 5.70. The van der Waals surface area contributed by atoms with Gasteiger partial charge in [-0.05, 0) is 43.9 Å². The van der Waals surface area contributed by atoms with Gasteiger partial charge < -0.3 is 15.8 Å². The summed E-state index contributed by atoms with van der Waals surface area (Å²) in [5.74, 6) is 1.90. The number of halogens is 1. The van der Waals surface area contributed by atoms with Crippen molar-refractivity contribution in [3.8, 4) is 0 Å². The van der Waals surface area contributed by atoms with E-state index in [2.05, 4.69) is 5.32 Å². The third-order valence-corrected chi connectivity index (χ3v) is 5.30. The summed E-state index contributed by atoms with van der Waals surface area (Å²) < 4.78 is 5.66. The normalized spacial score (nSPS) is 40.0. The summed E-state index contributed by atoms with van der Waals surface area (Å²) in [4.78, 5) is 12.2. The van der Waals surface area contributed by atoms with Gasteiger partial charge in [0.1, 0.15) is 6.10 Å². The SMILES string of the molecule is Cl.NC[C@H]1CC[C@@H](C(=O)NC2CCC3CCCC3C2)O1. The highest BCUT2D eigenvalue weighted by Crippen LogP contribution is 2.42. The van der Waals surface area contributed by atoms with E-state index in [0.717, 1.165) is 31.1 Å². The van der Waals surface area contributed by atoms with Crippen LogP contribution in [-0.2, 0) is 9.53 Å². The lowest BCUT2D eigenvalue weighted by atomic mass is 9.79. The number of hydrogen-bond acceptors (Lipinski definition) is 3. The van der Waals surface area contributed by atoms with E-state index < -0.39 is 0 Å². The van der Waals surface area contributed by atoms with Gasteiger partial charge in [0, 0.05) is 12.6 Å². The largest absolute Gasteiger partial charge is 0.364 e. The Balaban J connectivity index is 0.00000147. The molecule has 0 bridgehead atoms. The molecule has 2 aliphatic carbocycles. The molecule has 5 heteroatoms. The Morgan fingerprint density at radius 3 is 2.65 bits per heavy atom. The monoisotopic (exact) mass is 302 g/mol. The number of fused-ring (bicyclic) bond motifs is 1. The first-order chi connectivity index (χ1) is 9.26. The minimum atomic E-state index is -0.255. The molecule has 3 fully saturated rings. The van der Waals surface area contributed by atoms with Crippen LogP contribution in [0.15, 0.2) is 0 Å². The highest BCUT2D eigenvalue weighted by Gasteiger charge is 2.36. The molecule has 1 aliphatic heterocycles. The summed E-state index contributed by atoms with van der Waals surface area (Å²) >= 11 is 0. The van der Waals surface area contributed by atoms with Crippen molar-refractivity contribution in [2.75, 3.05) is 6.54 Å². The van der Waals surface area contributed by atoms with Gasteiger partial charge in [0.05, 0.1) is 6.10 Å². The van der Waals surface area contributed by atoms with E-state index in [1.54, 1.807) is 0 Å². The van der Waals surface area contributed by atoms with E-state index in [1.807, 2.05) is 0 Å². The van der Waals surface area contributed by atoms with Crippen LogP contribution in [0.5, 0.6) is 0 Å². The maximum atomic E-state index is 12.2. The lowest BCUT2D eigenvalue weighted by molar-refractivity contribution is -0.133. The molecule has 20 heavy (non-hydrogen) atoms. The first-order valence-electron chi connectivity index (χ1n) is 7.92. The molecule has 1 heterocycles. The van der Waals surface area contributed by atoms with Crippen molar-refractivity contribution in [2.45, 2.75) is 69.6 Å². The van der Waals surface area contributed by atoms with Gasteiger partial charge >= 0.3 is 0 Å². The molecule has 3 aliphatic rings. The molecular weight excluding hydrogens is 276 g/mol. The van der Waals surface area contributed by atoms with Crippen molar-refractivity contribution < 1.29 is 9.53 Å². The summed E-state index contributed by atoms with van der Waals surface area (Å²) in [6.07, 6.45) is 9.38. The van der Waals surface area contributed by atoms with Crippen molar-refractivity contribution in [1.82, 2.24) is 5.32 Å². The lowest BCUT2D eigenvalue weighted by Crippen LogP contribution is -2.44. The van der Waals surface area contributed by atoms with Crippen LogP contribution < -0.4 is 11.1 Å². The number of nitrogens with two attached hydrogens (primary N) is 1. The zero-order chi connectivity index (χ0) is 13.2. The third-order valence-electron chi connectivity index (χ3n) is 5.30. The van der Waals surface area contributed by atoms with Gasteiger partial charge in [0.25, 0.3) is 0 Å². The molecule has 0 aromatic heterocycles. The minimum absolute atomic E-state index is 0. The number of amides is 1. The van der Waals surface area contributed by atoms with E-state index in [4.69, 9.17) is 10.5 Å².